The molecule has 0 fully saturated rings. The molecule has 2 aromatic carbocycles. The van der Waals surface area contributed by atoms with E-state index in [1.807, 2.05) is 12.1 Å². The van der Waals surface area contributed by atoms with Crippen LogP contribution in [0.3, 0.4) is 0 Å². The monoisotopic (exact) mass is 448 g/mol. The molecule has 3 rings (SSSR count). The summed E-state index contributed by atoms with van der Waals surface area (Å²) in [6, 6.07) is 9.98. The van der Waals surface area contributed by atoms with Crippen molar-refractivity contribution >= 4 is 73.5 Å². The summed E-state index contributed by atoms with van der Waals surface area (Å²) in [5, 5.41) is 5.75. The summed E-state index contributed by atoms with van der Waals surface area (Å²) in [5.74, 6) is -0.568. The third-order valence-corrected chi connectivity index (χ3v) is 5.72. The number of nitrogens with one attached hydrogen (secondary N) is 2. The minimum atomic E-state index is -4.53. The summed E-state index contributed by atoms with van der Waals surface area (Å²) in [5.41, 5.74) is -0.963. The van der Waals surface area contributed by atoms with E-state index < -0.39 is 17.6 Å². The van der Waals surface area contributed by atoms with Gasteiger partial charge in [0.1, 0.15) is 4.88 Å². The summed E-state index contributed by atoms with van der Waals surface area (Å²) in [6.45, 7) is 0. The van der Waals surface area contributed by atoms with Gasteiger partial charge in [-0.3, -0.25) is 10.1 Å². The molecule has 0 aliphatic carbocycles. The molecule has 0 spiro atoms. The molecule has 1 aromatic heterocycles. The molecule has 10 heteroatoms. The number of hydrogen-bond donors (Lipinski definition) is 2. The van der Waals surface area contributed by atoms with E-state index in [1.165, 1.54) is 11.3 Å². The lowest BCUT2D eigenvalue weighted by atomic mass is 10.2. The van der Waals surface area contributed by atoms with Crippen molar-refractivity contribution in [3.8, 4) is 0 Å². The molecular formula is C17H9Cl2F3N2OS2. The minimum absolute atomic E-state index is 0.0273. The normalized spacial score (nSPS) is 11.4. The maximum atomic E-state index is 12.8. The summed E-state index contributed by atoms with van der Waals surface area (Å²) in [7, 11) is 0. The zero-order chi connectivity index (χ0) is 19.8. The van der Waals surface area contributed by atoms with Crippen molar-refractivity contribution in [3.05, 3.63) is 63.0 Å². The highest BCUT2D eigenvalue weighted by Gasteiger charge is 2.31. The molecule has 0 aliphatic rings. The highest BCUT2D eigenvalue weighted by atomic mass is 35.5. The van der Waals surface area contributed by atoms with E-state index in [1.54, 1.807) is 12.1 Å². The lowest BCUT2D eigenvalue weighted by molar-refractivity contribution is -0.137. The fourth-order valence-electron chi connectivity index (χ4n) is 2.27. The first-order chi connectivity index (χ1) is 12.7. The first kappa shape index (κ1) is 19.9. The number of alkyl halides is 3. The summed E-state index contributed by atoms with van der Waals surface area (Å²) in [4.78, 5) is 12.7. The summed E-state index contributed by atoms with van der Waals surface area (Å²) < 4.78 is 39.3. The van der Waals surface area contributed by atoms with E-state index in [4.69, 9.17) is 35.4 Å². The standard InChI is InChI=1S/C17H9Cl2F3N2OS2/c18-10-6-5-8(17(20,21)22)7-11(10)23-16(26)24-15(25)14-13(19)9-3-1-2-4-12(9)27-14/h1-7H,(H2,23,24,25,26). The quantitative estimate of drug-likeness (QED) is 0.448. The molecule has 0 saturated carbocycles. The van der Waals surface area contributed by atoms with E-state index in [9.17, 15) is 18.0 Å². The third-order valence-electron chi connectivity index (χ3n) is 3.51. The number of rotatable bonds is 2. The Bertz CT molecular complexity index is 1050. The van der Waals surface area contributed by atoms with Crippen molar-refractivity contribution in [3.63, 3.8) is 0 Å². The second-order valence-electron chi connectivity index (χ2n) is 5.34. The number of fused-ring (bicyclic) bond motifs is 1. The van der Waals surface area contributed by atoms with Crippen LogP contribution in [-0.2, 0) is 6.18 Å². The van der Waals surface area contributed by atoms with Gasteiger partial charge in [0.15, 0.2) is 5.11 Å². The molecule has 0 aliphatic heterocycles. The van der Waals surface area contributed by atoms with Crippen molar-refractivity contribution < 1.29 is 18.0 Å². The Morgan fingerprint density at radius 1 is 1.11 bits per heavy atom. The van der Waals surface area contributed by atoms with Crippen LogP contribution in [0.1, 0.15) is 15.2 Å². The Morgan fingerprint density at radius 2 is 1.81 bits per heavy atom. The van der Waals surface area contributed by atoms with Crippen LogP contribution in [0.15, 0.2) is 42.5 Å². The van der Waals surface area contributed by atoms with Crippen molar-refractivity contribution in [1.82, 2.24) is 5.32 Å². The highest BCUT2D eigenvalue weighted by molar-refractivity contribution is 7.80. The Kier molecular flexibility index (Phi) is 5.62. The van der Waals surface area contributed by atoms with Gasteiger partial charge in [-0.25, -0.2) is 0 Å². The van der Waals surface area contributed by atoms with Crippen LogP contribution in [0.2, 0.25) is 10.0 Å². The predicted octanol–water partition coefficient (Wildman–Crippen LogP) is 6.35. The van der Waals surface area contributed by atoms with Gasteiger partial charge in [-0.2, -0.15) is 13.2 Å². The van der Waals surface area contributed by atoms with Crippen LogP contribution in [0.4, 0.5) is 18.9 Å². The van der Waals surface area contributed by atoms with Crippen molar-refractivity contribution in [2.24, 2.45) is 0 Å². The topological polar surface area (TPSA) is 41.1 Å². The predicted molar refractivity (Wildman–Crippen MR) is 107 cm³/mol. The maximum absolute atomic E-state index is 12.8. The summed E-state index contributed by atoms with van der Waals surface area (Å²) >= 11 is 18.3. The summed E-state index contributed by atoms with van der Waals surface area (Å²) in [6.07, 6.45) is -4.53. The molecule has 3 nitrogen and oxygen atoms in total. The average molecular weight is 449 g/mol. The Balaban J connectivity index is 1.77. The Morgan fingerprint density at radius 3 is 2.48 bits per heavy atom. The first-order valence-electron chi connectivity index (χ1n) is 7.33. The number of hydrogen-bond acceptors (Lipinski definition) is 3. The lowest BCUT2D eigenvalue weighted by Gasteiger charge is -2.13. The molecule has 1 heterocycles. The zero-order valence-corrected chi connectivity index (χ0v) is 16.3. The van der Waals surface area contributed by atoms with Gasteiger partial charge in [-0.15, -0.1) is 11.3 Å². The van der Waals surface area contributed by atoms with E-state index in [-0.39, 0.29) is 25.7 Å². The molecule has 2 N–H and O–H groups in total. The van der Waals surface area contributed by atoms with E-state index in [0.717, 1.165) is 28.3 Å². The number of carbonyl (C=O) groups excluding carboxylic acids is 1. The van der Waals surface area contributed by atoms with Gasteiger partial charge in [-0.1, -0.05) is 41.4 Å². The van der Waals surface area contributed by atoms with Gasteiger partial charge in [0, 0.05) is 10.1 Å². The maximum Gasteiger partial charge on any atom is 0.416 e. The second-order valence-corrected chi connectivity index (χ2v) is 7.59. The number of carbonyl (C=O) groups is 1. The highest BCUT2D eigenvalue weighted by Crippen LogP contribution is 2.35. The van der Waals surface area contributed by atoms with Crippen LogP contribution in [0.25, 0.3) is 10.1 Å². The SMILES string of the molecule is O=C(NC(=S)Nc1cc(C(F)(F)F)ccc1Cl)c1sc2ccccc2c1Cl. The largest absolute Gasteiger partial charge is 0.416 e. The van der Waals surface area contributed by atoms with E-state index in [0.29, 0.717) is 0 Å². The number of anilines is 1. The smallest absolute Gasteiger partial charge is 0.331 e. The van der Waals surface area contributed by atoms with Crippen molar-refractivity contribution in [1.29, 1.82) is 0 Å². The molecule has 140 valence electrons. The molecular weight excluding hydrogens is 440 g/mol. The molecule has 0 unspecified atom stereocenters. The third kappa shape index (κ3) is 4.35. The Labute approximate surface area is 171 Å². The van der Waals surface area contributed by atoms with Crippen LogP contribution >= 0.6 is 46.8 Å². The Hall–Kier alpha value is -1.87. The van der Waals surface area contributed by atoms with Gasteiger partial charge < -0.3 is 5.32 Å². The number of halogens is 5. The van der Waals surface area contributed by atoms with Gasteiger partial charge >= 0.3 is 6.18 Å². The van der Waals surface area contributed by atoms with Gasteiger partial charge in [0.25, 0.3) is 5.91 Å². The molecule has 27 heavy (non-hydrogen) atoms. The van der Waals surface area contributed by atoms with Crippen LogP contribution in [0.5, 0.6) is 0 Å². The molecule has 0 radical (unpaired) electrons. The lowest BCUT2D eigenvalue weighted by Crippen LogP contribution is -2.34. The van der Waals surface area contributed by atoms with E-state index in [2.05, 4.69) is 10.6 Å². The molecule has 0 atom stereocenters. The first-order valence-corrected chi connectivity index (χ1v) is 9.31. The fourth-order valence-corrected chi connectivity index (χ4v) is 4.05. The molecule has 3 aromatic rings. The number of thiophene rings is 1. The molecule has 0 saturated heterocycles. The van der Waals surface area contributed by atoms with Gasteiger partial charge in [0.05, 0.1) is 21.3 Å². The van der Waals surface area contributed by atoms with Gasteiger partial charge in [0.2, 0.25) is 0 Å². The second kappa shape index (κ2) is 7.63. The minimum Gasteiger partial charge on any atom is -0.331 e. The van der Waals surface area contributed by atoms with Crippen LogP contribution in [0, 0.1) is 0 Å². The zero-order valence-electron chi connectivity index (χ0n) is 13.2. The van der Waals surface area contributed by atoms with Crippen LogP contribution < -0.4 is 10.6 Å². The average Bonchev–Trinajstić information content (AvgIpc) is 2.93. The number of amides is 1. The van der Waals surface area contributed by atoms with Crippen molar-refractivity contribution in [2.45, 2.75) is 6.18 Å². The van der Waals surface area contributed by atoms with Crippen molar-refractivity contribution in [2.75, 3.05) is 5.32 Å². The van der Waals surface area contributed by atoms with E-state index >= 15 is 0 Å². The molecule has 0 bridgehead atoms. The fraction of sp³-hybridized carbons (Fsp3) is 0.0588. The van der Waals surface area contributed by atoms with Gasteiger partial charge in [-0.05, 0) is 36.5 Å². The number of thiocarbonyl (C=S) groups is 1. The van der Waals surface area contributed by atoms with Crippen LogP contribution in [-0.4, -0.2) is 11.0 Å². The number of benzene rings is 2. The molecule has 1 amide bonds.